The van der Waals surface area contributed by atoms with E-state index in [1.807, 2.05) is 31.2 Å². The number of carbonyl (C=O) groups is 1. The molecule has 0 saturated heterocycles. The fourth-order valence-electron chi connectivity index (χ4n) is 4.09. The number of benzene rings is 1. The number of ether oxygens (including phenoxy) is 2. The van der Waals surface area contributed by atoms with Crippen LogP contribution in [0, 0.1) is 12.3 Å². The van der Waals surface area contributed by atoms with E-state index >= 15 is 0 Å². The van der Waals surface area contributed by atoms with Crippen molar-refractivity contribution in [3.63, 3.8) is 0 Å². The maximum atomic E-state index is 11.9. The van der Waals surface area contributed by atoms with Crippen molar-refractivity contribution >= 4 is 50.5 Å². The molecule has 1 aromatic carbocycles. The first-order valence-corrected chi connectivity index (χ1v) is 13.4. The van der Waals surface area contributed by atoms with Crippen molar-refractivity contribution in [2.75, 3.05) is 13.2 Å². The lowest BCUT2D eigenvalue weighted by atomic mass is 10.1. The lowest BCUT2D eigenvalue weighted by Gasteiger charge is -2.16. The number of amidine groups is 2. The molecule has 12 heteroatoms. The van der Waals surface area contributed by atoms with Crippen molar-refractivity contribution < 1.29 is 19.4 Å². The van der Waals surface area contributed by atoms with Crippen LogP contribution in [0.15, 0.2) is 59.7 Å². The summed E-state index contributed by atoms with van der Waals surface area (Å²) in [4.78, 5) is 31.4. The van der Waals surface area contributed by atoms with E-state index < -0.39 is 5.97 Å². The second kappa shape index (κ2) is 9.89. The largest absolute Gasteiger partial charge is 0.485 e. The van der Waals surface area contributed by atoms with Gasteiger partial charge in [0, 0.05) is 16.6 Å². The number of aromatic nitrogens is 3. The Morgan fingerprint density at radius 1 is 1.00 bits per heavy atom. The molecule has 4 aromatic heterocycles. The smallest absolute Gasteiger partial charge is 0.335 e. The number of hydrogen-bond acceptors (Lipinski definition) is 9. The molecule has 5 aromatic rings. The monoisotopic (exact) mass is 556 g/mol. The molecule has 0 spiro atoms. The summed E-state index contributed by atoms with van der Waals surface area (Å²) >= 11 is 2.82. The second-order valence-electron chi connectivity index (χ2n) is 8.54. The quantitative estimate of drug-likeness (QED) is 0.202. The number of nitrogens with zero attached hydrogens (tertiary/aromatic N) is 4. The number of fused-ring (bicyclic) bond motifs is 2. The van der Waals surface area contributed by atoms with Crippen LogP contribution < -0.4 is 15.2 Å². The zero-order valence-electron chi connectivity index (χ0n) is 20.5. The molecule has 0 fully saturated rings. The standard InChI is InChI=1S/C27H20N6O4S2/c1-13-21-22(37-9-8-36-21)23(38-13)25(29)33-24(28)14-6-7-30-17(10-14)18-11-15(27(34)35)12-19(31-18)26-32-16-4-2-3-5-20(16)39-26/h2-7,10-12H,8-9H2,1H3,(H,34,35)(H3,28,29,33). The van der Waals surface area contributed by atoms with Crippen molar-refractivity contribution in [1.29, 1.82) is 5.41 Å². The number of rotatable bonds is 5. The molecule has 0 amide bonds. The summed E-state index contributed by atoms with van der Waals surface area (Å²) in [5.74, 6) is 0.162. The van der Waals surface area contributed by atoms with Gasteiger partial charge in [0.1, 0.15) is 34.6 Å². The van der Waals surface area contributed by atoms with E-state index in [1.54, 1.807) is 12.1 Å². The first-order valence-electron chi connectivity index (χ1n) is 11.8. The Labute approximate surface area is 230 Å². The van der Waals surface area contributed by atoms with Gasteiger partial charge in [-0.1, -0.05) is 12.1 Å². The third-order valence-electron chi connectivity index (χ3n) is 5.91. The summed E-state index contributed by atoms with van der Waals surface area (Å²) in [6.07, 6.45) is 1.52. The van der Waals surface area contributed by atoms with E-state index in [9.17, 15) is 9.90 Å². The van der Waals surface area contributed by atoms with Gasteiger partial charge in [-0.3, -0.25) is 10.4 Å². The normalized spacial score (nSPS) is 13.0. The summed E-state index contributed by atoms with van der Waals surface area (Å²) in [5.41, 5.74) is 8.73. The van der Waals surface area contributed by atoms with Crippen LogP contribution in [0.5, 0.6) is 11.5 Å². The lowest BCUT2D eigenvalue weighted by molar-refractivity contribution is 0.0697. The molecule has 10 nitrogen and oxygen atoms in total. The third-order valence-corrected chi connectivity index (χ3v) is 8.06. The van der Waals surface area contributed by atoms with Gasteiger partial charge in [0.25, 0.3) is 0 Å². The minimum atomic E-state index is -1.09. The number of aliphatic imine (C=N–C) groups is 1. The molecular formula is C27H20N6O4S2. The van der Waals surface area contributed by atoms with Crippen LogP contribution >= 0.6 is 22.7 Å². The molecule has 0 bridgehead atoms. The van der Waals surface area contributed by atoms with Gasteiger partial charge >= 0.3 is 5.97 Å². The lowest BCUT2D eigenvalue weighted by Crippen LogP contribution is -2.19. The van der Waals surface area contributed by atoms with Gasteiger partial charge in [-0.05, 0) is 43.3 Å². The predicted molar refractivity (Wildman–Crippen MR) is 151 cm³/mol. The molecular weight excluding hydrogens is 536 g/mol. The topological polar surface area (TPSA) is 157 Å². The van der Waals surface area contributed by atoms with Crippen LogP contribution in [0.2, 0.25) is 0 Å². The highest BCUT2D eigenvalue weighted by molar-refractivity contribution is 7.21. The fourth-order valence-corrected chi connectivity index (χ4v) is 5.96. The zero-order valence-corrected chi connectivity index (χ0v) is 22.1. The van der Waals surface area contributed by atoms with E-state index in [2.05, 4.69) is 19.9 Å². The highest BCUT2D eigenvalue weighted by Gasteiger charge is 2.24. The molecule has 4 N–H and O–H groups in total. The van der Waals surface area contributed by atoms with E-state index in [0.717, 1.165) is 15.1 Å². The molecule has 0 unspecified atom stereocenters. The molecule has 1 aliphatic heterocycles. The highest BCUT2D eigenvalue weighted by atomic mass is 32.1. The number of nitrogens with two attached hydrogens (primary N) is 1. The summed E-state index contributed by atoms with van der Waals surface area (Å²) < 4.78 is 12.4. The Morgan fingerprint density at radius 2 is 1.74 bits per heavy atom. The Bertz CT molecular complexity index is 1780. The molecule has 194 valence electrons. The molecule has 0 aliphatic carbocycles. The number of carboxylic acids is 1. The average Bonchev–Trinajstić information content (AvgIpc) is 3.54. The van der Waals surface area contributed by atoms with Crippen LogP contribution in [0.4, 0.5) is 0 Å². The van der Waals surface area contributed by atoms with E-state index in [4.69, 9.17) is 20.6 Å². The zero-order chi connectivity index (χ0) is 27.1. The van der Waals surface area contributed by atoms with E-state index in [-0.39, 0.29) is 17.2 Å². The van der Waals surface area contributed by atoms with Crippen LogP contribution in [-0.4, -0.2) is 50.9 Å². The number of aryl methyl sites for hydroxylation is 1. The number of thiazole rings is 1. The maximum Gasteiger partial charge on any atom is 0.335 e. The van der Waals surface area contributed by atoms with Crippen LogP contribution in [0.3, 0.4) is 0 Å². The highest BCUT2D eigenvalue weighted by Crippen LogP contribution is 2.43. The Morgan fingerprint density at radius 3 is 2.54 bits per heavy atom. The Kier molecular flexibility index (Phi) is 6.25. The van der Waals surface area contributed by atoms with E-state index in [1.165, 1.54) is 41.0 Å². The molecule has 0 saturated carbocycles. The average molecular weight is 557 g/mol. The van der Waals surface area contributed by atoms with E-state index in [0.29, 0.717) is 57.2 Å². The van der Waals surface area contributed by atoms with Gasteiger partial charge in [0.2, 0.25) is 0 Å². The molecule has 0 radical (unpaired) electrons. The first kappa shape index (κ1) is 24.6. The van der Waals surface area contributed by atoms with Gasteiger partial charge in [0.05, 0.1) is 27.2 Å². The second-order valence-corrected chi connectivity index (χ2v) is 10.8. The SMILES string of the molecule is Cc1sc(C(N)=NC(=N)c2ccnc(-c3cc(C(=O)O)cc(-c4nc5ccccc5s4)n3)c2)c2c1OCCO2. The summed E-state index contributed by atoms with van der Waals surface area (Å²) in [6.45, 7) is 2.79. The van der Waals surface area contributed by atoms with Gasteiger partial charge in [-0.15, -0.1) is 22.7 Å². The Balaban J connectivity index is 1.36. The number of aromatic carboxylic acids is 1. The van der Waals surface area contributed by atoms with Gasteiger partial charge in [-0.2, -0.15) is 0 Å². The van der Waals surface area contributed by atoms with Crippen molar-refractivity contribution in [2.24, 2.45) is 10.7 Å². The number of carboxylic acid groups (broad SMARTS) is 1. The minimum Gasteiger partial charge on any atom is -0.485 e. The van der Waals surface area contributed by atoms with Crippen molar-refractivity contribution in [2.45, 2.75) is 6.92 Å². The van der Waals surface area contributed by atoms with Crippen LogP contribution in [0.25, 0.3) is 32.3 Å². The molecule has 5 heterocycles. The number of para-hydroxylation sites is 1. The van der Waals surface area contributed by atoms with Crippen molar-refractivity contribution in [3.8, 4) is 33.6 Å². The van der Waals surface area contributed by atoms with Crippen LogP contribution in [-0.2, 0) is 0 Å². The fraction of sp³-hybridized carbons (Fsp3) is 0.111. The molecule has 1 aliphatic rings. The number of thiophene rings is 1. The van der Waals surface area contributed by atoms with Crippen molar-refractivity contribution in [3.05, 3.63) is 75.6 Å². The van der Waals surface area contributed by atoms with Gasteiger partial charge in [-0.25, -0.2) is 19.8 Å². The van der Waals surface area contributed by atoms with Gasteiger partial charge in [0.15, 0.2) is 17.3 Å². The minimum absolute atomic E-state index is 0.0545. The molecule has 0 atom stereocenters. The summed E-state index contributed by atoms with van der Waals surface area (Å²) in [7, 11) is 0. The predicted octanol–water partition coefficient (Wildman–Crippen LogP) is 4.99. The number of nitrogens with one attached hydrogen (secondary N) is 1. The van der Waals surface area contributed by atoms with Crippen LogP contribution in [0.1, 0.15) is 25.7 Å². The summed E-state index contributed by atoms with van der Waals surface area (Å²) in [5, 5.41) is 18.9. The Hall–Kier alpha value is -4.68. The van der Waals surface area contributed by atoms with Gasteiger partial charge < -0.3 is 20.3 Å². The molecule has 6 rings (SSSR count). The maximum absolute atomic E-state index is 11.9. The number of hydrogen-bond donors (Lipinski definition) is 3. The summed E-state index contributed by atoms with van der Waals surface area (Å²) in [6, 6.07) is 13.9. The third kappa shape index (κ3) is 4.71. The van der Waals surface area contributed by atoms with Crippen molar-refractivity contribution in [1.82, 2.24) is 15.0 Å². The molecule has 39 heavy (non-hydrogen) atoms. The first-order chi connectivity index (χ1) is 18.9. The number of pyridine rings is 2.